The summed E-state index contributed by atoms with van der Waals surface area (Å²) in [7, 11) is 0. The predicted octanol–water partition coefficient (Wildman–Crippen LogP) is 1.02. The van der Waals surface area contributed by atoms with Crippen molar-refractivity contribution < 1.29 is 94.5 Å². The first-order chi connectivity index (χ1) is 11.1. The maximum Gasteiger partial charge on any atom is 2.00 e. The minimum absolute atomic E-state index is 0. The van der Waals surface area contributed by atoms with Gasteiger partial charge >= 0.3 is 41.2 Å². The fraction of sp³-hybridized carbons (Fsp3) is 0.400. The molecule has 0 bridgehead atoms. The minimum atomic E-state index is -5.46. The Hall–Kier alpha value is -1.97. The normalized spacial score (nSPS) is 13.4. The third-order valence-electron chi connectivity index (χ3n) is 1.64. The van der Waals surface area contributed by atoms with E-state index in [1.807, 2.05) is 0 Å². The first-order valence-corrected chi connectivity index (χ1v) is 5.24. The van der Waals surface area contributed by atoms with E-state index in [-0.39, 0.29) is 22.0 Å². The Kier molecular flexibility index (Phi) is 13.4. The summed E-state index contributed by atoms with van der Waals surface area (Å²) in [5.41, 5.74) is 0. The second-order valence-corrected chi connectivity index (χ2v) is 3.74. The number of ketones is 2. The van der Waals surface area contributed by atoms with E-state index in [9.17, 15) is 72.5 Å². The molecule has 0 unspecified atom stereocenters. The fourth-order valence-corrected chi connectivity index (χ4v) is 0.565. The Bertz CT molecular complexity index is 530. The third kappa shape index (κ3) is 14.1. The molecule has 0 aliphatic carbocycles. The molecule has 2 N–H and O–H groups in total. The van der Waals surface area contributed by atoms with E-state index in [2.05, 4.69) is 0 Å². The Labute approximate surface area is 155 Å². The summed E-state index contributed by atoms with van der Waals surface area (Å²) >= 11 is 0. The van der Waals surface area contributed by atoms with Crippen molar-refractivity contribution >= 4 is 11.6 Å². The molecule has 0 atom stereocenters. The molecule has 0 aliphatic rings. The Morgan fingerprint density at radius 3 is 0.821 bits per heavy atom. The molecule has 0 amide bonds. The van der Waals surface area contributed by atoms with Crippen molar-refractivity contribution in [3.05, 3.63) is 23.7 Å². The van der Waals surface area contributed by atoms with Crippen LogP contribution >= 0.6 is 0 Å². The molecule has 0 saturated carbocycles. The van der Waals surface area contributed by atoms with E-state index in [0.717, 1.165) is 0 Å². The number of allylic oxidation sites excluding steroid dienone is 4. The Morgan fingerprint density at radius 2 is 0.714 bits per heavy atom. The zero-order chi connectivity index (χ0) is 21.7. The van der Waals surface area contributed by atoms with Gasteiger partial charge in [-0.2, -0.15) is 52.7 Å². The molecule has 28 heavy (non-hydrogen) atoms. The van der Waals surface area contributed by atoms with Gasteiger partial charge in [-0.15, -0.1) is 0 Å². The molecule has 0 fully saturated rings. The van der Waals surface area contributed by atoms with Gasteiger partial charge in [-0.3, -0.25) is 9.59 Å². The molecule has 0 rings (SSSR count). The number of alkyl halides is 12. The van der Waals surface area contributed by atoms with Gasteiger partial charge in [0.05, 0.1) is 0 Å². The van der Waals surface area contributed by atoms with Gasteiger partial charge in [0.25, 0.3) is 11.6 Å². The van der Waals surface area contributed by atoms with Crippen LogP contribution in [0.2, 0.25) is 0 Å². The number of carbonyl (C=O) groups excluding carboxylic acids is 2. The van der Waals surface area contributed by atoms with E-state index in [1.54, 1.807) is 0 Å². The summed E-state index contributed by atoms with van der Waals surface area (Å²) in [5, 5.41) is 19.6. The van der Waals surface area contributed by atoms with Crippen molar-refractivity contribution in [2.45, 2.75) is 24.7 Å². The van der Waals surface area contributed by atoms with Crippen LogP contribution in [0.15, 0.2) is 23.7 Å². The number of hydrogen-bond donors (Lipinski definition) is 0. The molecule has 0 aliphatic heterocycles. The zero-order valence-electron chi connectivity index (χ0n) is 12.1. The van der Waals surface area contributed by atoms with Crippen LogP contribution in [0, 0.1) is 0 Å². The molecule has 0 aromatic rings. The summed E-state index contributed by atoms with van der Waals surface area (Å²) in [6.45, 7) is 0. The van der Waals surface area contributed by atoms with Crippen LogP contribution in [-0.4, -0.2) is 41.7 Å². The SMILES string of the molecule is O.O=C(/C=C(\[O-])C(F)(F)F)C(F)(F)F.O=C(/C=C(\[O-])C(F)(F)F)C(F)(F)F.[Ni+2]. The van der Waals surface area contributed by atoms with Crippen LogP contribution in [-0.2, 0) is 26.1 Å². The van der Waals surface area contributed by atoms with E-state index in [0.29, 0.717) is 0 Å². The van der Waals surface area contributed by atoms with Crippen LogP contribution in [0.25, 0.3) is 0 Å². The summed E-state index contributed by atoms with van der Waals surface area (Å²) in [5.74, 6) is -11.3. The molecule has 168 valence electrons. The molecular formula is C10H4F12NiO5. The summed E-state index contributed by atoms with van der Waals surface area (Å²) in [6.07, 6.45) is -23.9. The minimum Gasteiger partial charge on any atom is -0.869 e. The van der Waals surface area contributed by atoms with Gasteiger partial charge in [0.2, 0.25) is 0 Å². The van der Waals surface area contributed by atoms with Gasteiger partial charge in [0.1, 0.15) is 0 Å². The van der Waals surface area contributed by atoms with Crippen LogP contribution in [0.5, 0.6) is 0 Å². The second-order valence-electron chi connectivity index (χ2n) is 3.74. The summed E-state index contributed by atoms with van der Waals surface area (Å²) in [6, 6.07) is 0. The predicted molar refractivity (Wildman–Crippen MR) is 54.0 cm³/mol. The monoisotopic (exact) mass is 490 g/mol. The van der Waals surface area contributed by atoms with Crippen LogP contribution in [0.1, 0.15) is 0 Å². The largest absolute Gasteiger partial charge is 2.00 e. The van der Waals surface area contributed by atoms with Crippen LogP contribution in [0.4, 0.5) is 52.7 Å². The fourth-order valence-electron chi connectivity index (χ4n) is 0.565. The zero-order valence-corrected chi connectivity index (χ0v) is 13.1. The van der Waals surface area contributed by atoms with E-state index in [1.165, 1.54) is 0 Å². The van der Waals surface area contributed by atoms with E-state index in [4.69, 9.17) is 0 Å². The maximum absolute atomic E-state index is 11.3. The van der Waals surface area contributed by atoms with Crippen LogP contribution in [0.3, 0.4) is 0 Å². The first-order valence-electron chi connectivity index (χ1n) is 5.24. The van der Waals surface area contributed by atoms with E-state index >= 15 is 0 Å². The molecule has 0 spiro atoms. The van der Waals surface area contributed by atoms with Gasteiger partial charge in [0.15, 0.2) is 0 Å². The quantitative estimate of drug-likeness (QED) is 0.249. The molecule has 0 radical (unpaired) electrons. The summed E-state index contributed by atoms with van der Waals surface area (Å²) in [4.78, 5) is 19.6. The van der Waals surface area contributed by atoms with Crippen molar-refractivity contribution in [3.63, 3.8) is 0 Å². The average Bonchev–Trinajstić information content (AvgIpc) is 2.34. The van der Waals surface area contributed by atoms with Crippen molar-refractivity contribution in [1.82, 2.24) is 0 Å². The topological polar surface area (TPSA) is 112 Å². The molecule has 0 heterocycles. The van der Waals surface area contributed by atoms with Crippen molar-refractivity contribution in [3.8, 4) is 0 Å². The van der Waals surface area contributed by atoms with Gasteiger partial charge in [0, 0.05) is 0 Å². The second kappa shape index (κ2) is 11.1. The van der Waals surface area contributed by atoms with Crippen molar-refractivity contribution in [2.24, 2.45) is 0 Å². The Balaban J connectivity index is -0.000000192. The van der Waals surface area contributed by atoms with Crippen LogP contribution < -0.4 is 10.2 Å². The van der Waals surface area contributed by atoms with Gasteiger partial charge in [-0.25, -0.2) is 0 Å². The van der Waals surface area contributed by atoms with Gasteiger partial charge in [-0.1, -0.05) is 0 Å². The Morgan fingerprint density at radius 1 is 0.536 bits per heavy atom. The van der Waals surface area contributed by atoms with Crippen molar-refractivity contribution in [1.29, 1.82) is 0 Å². The molecule has 18 heteroatoms. The van der Waals surface area contributed by atoms with Crippen molar-refractivity contribution in [2.75, 3.05) is 0 Å². The molecule has 5 nitrogen and oxygen atoms in total. The molecule has 0 saturated heterocycles. The number of hydrogen-bond acceptors (Lipinski definition) is 4. The first kappa shape index (κ1) is 33.6. The summed E-state index contributed by atoms with van der Waals surface area (Å²) < 4.78 is 136. The molecule has 0 aromatic heterocycles. The number of halogens is 12. The average molecular weight is 491 g/mol. The van der Waals surface area contributed by atoms with E-state index < -0.39 is 59.9 Å². The third-order valence-corrected chi connectivity index (χ3v) is 1.64. The smallest absolute Gasteiger partial charge is 0.869 e. The standard InChI is InChI=1S/2C5H2F6O2.Ni.H2O/c2*6-4(7,8)2(12)1-3(13)5(9,10)11;;/h2*1,12H;;1H2/q;;+2;/p-2/b2*2-1-;;. The molecule has 0 aromatic carbocycles. The molecular weight excluding hydrogens is 487 g/mol. The number of carbonyl (C=O) groups is 2. The number of rotatable bonds is 2. The van der Waals surface area contributed by atoms with Gasteiger partial charge < -0.3 is 15.7 Å². The maximum atomic E-state index is 11.3. The van der Waals surface area contributed by atoms with Gasteiger partial charge in [-0.05, 0) is 23.7 Å².